The van der Waals surface area contributed by atoms with Crippen molar-refractivity contribution in [1.29, 1.82) is 0 Å². The Bertz CT molecular complexity index is 1300. The second-order valence-electron chi connectivity index (χ2n) is 8.10. The van der Waals surface area contributed by atoms with Crippen LogP contribution in [0, 0.1) is 39.1 Å². The Balaban J connectivity index is 1.57. The van der Waals surface area contributed by atoms with Crippen molar-refractivity contribution in [2.75, 3.05) is 25.5 Å². The Morgan fingerprint density at radius 2 is 2.23 bits per heavy atom. The number of benzene rings is 2. The fourth-order valence-corrected chi connectivity index (χ4v) is 4.47. The number of aromatic nitrogens is 2. The average Bonchev–Trinajstić information content (AvgIpc) is 3.30. The van der Waals surface area contributed by atoms with Crippen LogP contribution in [0.4, 0.5) is 21.6 Å². The number of piperidine rings is 1. The molecule has 9 heteroatoms. The monoisotopic (exact) mass is 437 g/mol. The van der Waals surface area contributed by atoms with E-state index >= 15 is 0 Å². The molecule has 1 aliphatic heterocycles. The summed E-state index contributed by atoms with van der Waals surface area (Å²) in [4.78, 5) is 21.9. The molecule has 1 saturated heterocycles. The summed E-state index contributed by atoms with van der Waals surface area (Å²) in [5, 5.41) is 15.0. The number of halogens is 2. The first kappa shape index (κ1) is 19.7. The minimum Gasteiger partial charge on any atom is -0.337 e. The Labute approximate surface area is 182 Å². The van der Waals surface area contributed by atoms with Gasteiger partial charge in [-0.25, -0.2) is 14.4 Å². The van der Waals surface area contributed by atoms with E-state index in [9.17, 15) is 14.5 Å². The van der Waals surface area contributed by atoms with Crippen LogP contribution in [0.15, 0.2) is 36.7 Å². The summed E-state index contributed by atoms with van der Waals surface area (Å²) < 4.78 is 14.3. The topological polar surface area (TPSA) is 84.2 Å². The zero-order chi connectivity index (χ0) is 21.8. The van der Waals surface area contributed by atoms with Crippen LogP contribution in [0.1, 0.15) is 12.0 Å². The minimum atomic E-state index is -0.632. The molecule has 1 N–H and O–H groups in total. The summed E-state index contributed by atoms with van der Waals surface area (Å²) in [6.07, 6.45) is 2.35. The van der Waals surface area contributed by atoms with Gasteiger partial charge in [0.25, 0.3) is 5.69 Å². The van der Waals surface area contributed by atoms with Crippen LogP contribution in [-0.4, -0.2) is 39.9 Å². The van der Waals surface area contributed by atoms with Gasteiger partial charge in [-0.2, -0.15) is 0 Å². The van der Waals surface area contributed by atoms with E-state index in [1.54, 1.807) is 12.1 Å². The number of anilines is 2. The summed E-state index contributed by atoms with van der Waals surface area (Å²) in [7, 11) is 2.06. The Morgan fingerprint density at radius 3 is 2.97 bits per heavy atom. The molecule has 1 aromatic heterocycles. The van der Waals surface area contributed by atoms with Gasteiger partial charge in [-0.1, -0.05) is 29.5 Å². The number of nitrogens with one attached hydrogen (secondary N) is 1. The molecular weight excluding hydrogens is 421 g/mol. The highest BCUT2D eigenvalue weighted by atomic mass is 35.5. The highest BCUT2D eigenvalue weighted by molar-refractivity contribution is 6.31. The predicted molar refractivity (Wildman–Crippen MR) is 116 cm³/mol. The lowest BCUT2D eigenvalue weighted by Crippen LogP contribution is -2.19. The van der Waals surface area contributed by atoms with Crippen LogP contribution in [0.3, 0.4) is 0 Å². The third-order valence-corrected chi connectivity index (χ3v) is 6.21. The molecule has 1 saturated carbocycles. The van der Waals surface area contributed by atoms with Crippen LogP contribution in [0.2, 0.25) is 5.02 Å². The molecule has 1 aliphatic carbocycles. The fourth-order valence-electron chi connectivity index (χ4n) is 4.29. The quantitative estimate of drug-likeness (QED) is 0.372. The Kier molecular flexibility index (Phi) is 4.54. The summed E-state index contributed by atoms with van der Waals surface area (Å²) in [6, 6.07) is 7.51. The van der Waals surface area contributed by atoms with Gasteiger partial charge in [-0.15, -0.1) is 0 Å². The van der Waals surface area contributed by atoms with Gasteiger partial charge in [-0.3, -0.25) is 10.1 Å². The molecule has 2 unspecified atom stereocenters. The van der Waals surface area contributed by atoms with Crippen molar-refractivity contribution in [2.45, 2.75) is 6.42 Å². The maximum atomic E-state index is 14.3. The third-order valence-electron chi connectivity index (χ3n) is 5.92. The number of nitro groups is 1. The van der Waals surface area contributed by atoms with Gasteiger partial charge in [-0.05, 0) is 37.6 Å². The Morgan fingerprint density at radius 1 is 1.39 bits per heavy atom. The van der Waals surface area contributed by atoms with Crippen LogP contribution in [0.5, 0.6) is 0 Å². The highest BCUT2D eigenvalue weighted by Crippen LogP contribution is 2.56. The van der Waals surface area contributed by atoms with Gasteiger partial charge in [0.1, 0.15) is 17.7 Å². The number of rotatable bonds is 3. The summed E-state index contributed by atoms with van der Waals surface area (Å²) in [6.45, 7) is 1.89. The molecule has 7 nitrogen and oxygen atoms in total. The van der Waals surface area contributed by atoms with Crippen LogP contribution < -0.4 is 5.32 Å². The van der Waals surface area contributed by atoms with E-state index < -0.39 is 10.7 Å². The van der Waals surface area contributed by atoms with Crippen molar-refractivity contribution in [1.82, 2.24) is 14.9 Å². The third kappa shape index (κ3) is 3.46. The zero-order valence-corrected chi connectivity index (χ0v) is 17.3. The second-order valence-corrected chi connectivity index (χ2v) is 8.50. The maximum Gasteiger partial charge on any atom is 0.285 e. The second kappa shape index (κ2) is 7.15. The number of hydrogen-bond donors (Lipinski definition) is 1. The summed E-state index contributed by atoms with van der Waals surface area (Å²) in [5.41, 5.74) is 0.710. The maximum absolute atomic E-state index is 14.3. The SMILES string of the molecule is CN1CC2CC2(C#Cc2cc3ncnc(Nc4cccc(Cl)c4F)c3cc2[N+](=O)[O-])C1. The number of nitrogens with zero attached hydrogens (tertiary/aromatic N) is 4. The number of fused-ring (bicyclic) bond motifs is 2. The number of nitro benzene ring substituents is 1. The van der Waals surface area contributed by atoms with E-state index in [4.69, 9.17) is 11.6 Å². The van der Waals surface area contributed by atoms with Gasteiger partial charge in [0.2, 0.25) is 0 Å². The predicted octanol–water partition coefficient (Wildman–Crippen LogP) is 4.38. The van der Waals surface area contributed by atoms with E-state index in [1.807, 2.05) is 0 Å². The number of hydrogen-bond acceptors (Lipinski definition) is 6. The van der Waals surface area contributed by atoms with Crippen molar-refractivity contribution < 1.29 is 9.31 Å². The first-order valence-corrected chi connectivity index (χ1v) is 10.1. The van der Waals surface area contributed by atoms with Gasteiger partial charge in [0.15, 0.2) is 5.82 Å². The first-order valence-electron chi connectivity index (χ1n) is 9.72. The summed E-state index contributed by atoms with van der Waals surface area (Å²) in [5.74, 6) is 6.48. The molecule has 0 radical (unpaired) electrons. The molecule has 0 amide bonds. The van der Waals surface area contributed by atoms with Crippen LogP contribution >= 0.6 is 11.6 Å². The molecule has 0 spiro atoms. The molecule has 3 aromatic rings. The normalized spacial score (nSPS) is 22.0. The molecule has 2 heterocycles. The molecule has 31 heavy (non-hydrogen) atoms. The minimum absolute atomic E-state index is 0.0396. The lowest BCUT2D eigenvalue weighted by Gasteiger charge is -2.11. The molecule has 0 bridgehead atoms. The van der Waals surface area contributed by atoms with Gasteiger partial charge >= 0.3 is 0 Å². The molecule has 2 fully saturated rings. The van der Waals surface area contributed by atoms with E-state index in [0.717, 1.165) is 19.5 Å². The average molecular weight is 438 g/mol. The standard InChI is InChI=1S/C22H17ClFN5O2/c1-28-10-14-9-22(14,11-28)6-5-13-7-18-15(8-19(13)29(30)31)21(26-12-25-18)27-17-4-2-3-16(23)20(17)24/h2-4,7-8,12,14H,9-11H2,1H3,(H,25,26,27). The van der Waals surface area contributed by atoms with E-state index in [0.29, 0.717) is 22.4 Å². The van der Waals surface area contributed by atoms with E-state index in [2.05, 4.69) is 39.1 Å². The smallest absolute Gasteiger partial charge is 0.285 e. The molecular formula is C22H17ClFN5O2. The molecule has 2 atom stereocenters. The van der Waals surface area contributed by atoms with E-state index in [-0.39, 0.29) is 27.6 Å². The van der Waals surface area contributed by atoms with Crippen molar-refractivity contribution >= 4 is 39.7 Å². The fraction of sp³-hybridized carbons (Fsp3) is 0.273. The van der Waals surface area contributed by atoms with Crippen molar-refractivity contribution in [3.63, 3.8) is 0 Å². The number of likely N-dealkylation sites (tertiary alicyclic amines) is 1. The van der Waals surface area contributed by atoms with Gasteiger partial charge < -0.3 is 10.2 Å². The molecule has 2 aromatic carbocycles. The lowest BCUT2D eigenvalue weighted by atomic mass is 10.0. The van der Waals surface area contributed by atoms with Crippen LogP contribution in [-0.2, 0) is 0 Å². The van der Waals surface area contributed by atoms with Crippen molar-refractivity contribution in [2.24, 2.45) is 11.3 Å². The van der Waals surface area contributed by atoms with Crippen molar-refractivity contribution in [3.8, 4) is 11.8 Å². The molecule has 156 valence electrons. The van der Waals surface area contributed by atoms with E-state index in [1.165, 1.54) is 24.5 Å². The van der Waals surface area contributed by atoms with Gasteiger partial charge in [0.05, 0.1) is 21.2 Å². The largest absolute Gasteiger partial charge is 0.337 e. The highest BCUT2D eigenvalue weighted by Gasteiger charge is 2.58. The zero-order valence-electron chi connectivity index (χ0n) is 16.5. The van der Waals surface area contributed by atoms with Gasteiger partial charge in [0, 0.05) is 30.0 Å². The molecule has 2 aliphatic rings. The first-order chi connectivity index (χ1) is 14.9. The van der Waals surface area contributed by atoms with Crippen LogP contribution in [0.25, 0.3) is 10.9 Å². The lowest BCUT2D eigenvalue weighted by molar-refractivity contribution is -0.385. The molecule has 5 rings (SSSR count). The van der Waals surface area contributed by atoms with Crippen molar-refractivity contribution in [3.05, 3.63) is 63.2 Å². The summed E-state index contributed by atoms with van der Waals surface area (Å²) >= 11 is 5.84. The Hall–Kier alpha value is -3.28.